The number of imidazole rings is 1. The molecule has 0 aliphatic carbocycles. The van der Waals surface area contributed by atoms with E-state index in [-0.39, 0.29) is 6.61 Å². The summed E-state index contributed by atoms with van der Waals surface area (Å²) in [6.45, 7) is 1.97. The molecule has 1 heterocycles. The van der Waals surface area contributed by atoms with Crippen LogP contribution in [0.3, 0.4) is 0 Å². The van der Waals surface area contributed by atoms with Crippen LogP contribution in [0.25, 0.3) is 0 Å². The fraction of sp³-hybridized carbons (Fsp3) is 0.500. The molecular weight excluding hydrogens is 116 g/mol. The van der Waals surface area contributed by atoms with Crippen LogP contribution < -0.4 is 0 Å². The molecule has 0 atom stereocenters. The lowest BCUT2D eigenvalue weighted by molar-refractivity contribution is 0.272. The fourth-order valence-electron chi connectivity index (χ4n) is 0.696. The molecule has 0 aromatic carbocycles. The molecule has 0 amide bonds. The van der Waals surface area contributed by atoms with Crippen molar-refractivity contribution < 1.29 is 5.11 Å². The van der Waals surface area contributed by atoms with Gasteiger partial charge in [-0.05, 0) is 6.92 Å². The molecule has 1 aromatic heterocycles. The van der Waals surface area contributed by atoms with Crippen molar-refractivity contribution in [3.63, 3.8) is 0 Å². The summed E-state index contributed by atoms with van der Waals surface area (Å²) >= 11 is 0. The maximum Gasteiger partial charge on any atom is 0.105 e. The number of aryl methyl sites for hydroxylation is 1. The van der Waals surface area contributed by atoms with Crippen molar-refractivity contribution in [1.29, 1.82) is 0 Å². The van der Waals surface area contributed by atoms with Crippen LogP contribution in [0.4, 0.5) is 0 Å². The van der Waals surface area contributed by atoms with Crippen molar-refractivity contribution in [3.8, 4) is 0 Å². The Hall–Kier alpha value is -0.830. The Bertz CT molecular complexity index is 205. The number of aromatic nitrogens is 2. The van der Waals surface area contributed by atoms with Crippen molar-refractivity contribution in [2.45, 2.75) is 13.5 Å². The lowest BCUT2D eigenvalue weighted by Crippen LogP contribution is -1.97. The van der Waals surface area contributed by atoms with Crippen molar-refractivity contribution in [2.24, 2.45) is 7.05 Å². The topological polar surface area (TPSA) is 38.1 Å². The van der Waals surface area contributed by atoms with Gasteiger partial charge in [0, 0.05) is 7.05 Å². The van der Waals surface area contributed by atoms with E-state index >= 15 is 0 Å². The number of rotatable bonds is 1. The Kier molecular flexibility index (Phi) is 1.53. The van der Waals surface area contributed by atoms with Crippen molar-refractivity contribution in [2.75, 3.05) is 0 Å². The van der Waals surface area contributed by atoms with E-state index in [1.54, 1.807) is 6.20 Å². The van der Waals surface area contributed by atoms with E-state index in [2.05, 4.69) is 4.98 Å². The van der Waals surface area contributed by atoms with Crippen LogP contribution in [0.15, 0.2) is 6.20 Å². The van der Waals surface area contributed by atoms with Gasteiger partial charge in [0.05, 0.1) is 18.5 Å². The molecule has 1 rings (SSSR count). The van der Waals surface area contributed by atoms with Gasteiger partial charge in [-0.25, -0.2) is 4.98 Å². The summed E-state index contributed by atoms with van der Waals surface area (Å²) in [5, 5.41) is 8.67. The fourth-order valence-corrected chi connectivity index (χ4v) is 0.696. The predicted octanol–water partition coefficient (Wildman–Crippen LogP) is 0.221. The highest BCUT2D eigenvalue weighted by Crippen LogP contribution is 1.99. The normalized spacial score (nSPS) is 10.1. The summed E-state index contributed by atoms with van der Waals surface area (Å²) in [6.07, 6.45) is 1.68. The van der Waals surface area contributed by atoms with Gasteiger partial charge in [-0.2, -0.15) is 0 Å². The standard InChI is InChI=1S/C6H10N2O/c1-5-7-3-6(4-9)8(5)2/h3,9H,4H2,1-2H3. The Morgan fingerprint density at radius 1 is 1.78 bits per heavy atom. The highest BCUT2D eigenvalue weighted by molar-refractivity contribution is 5.01. The summed E-state index contributed by atoms with van der Waals surface area (Å²) < 4.78 is 1.86. The van der Waals surface area contributed by atoms with Crippen molar-refractivity contribution in [1.82, 2.24) is 9.55 Å². The van der Waals surface area contributed by atoms with Gasteiger partial charge in [0.1, 0.15) is 5.82 Å². The third kappa shape index (κ3) is 0.954. The minimum Gasteiger partial charge on any atom is -0.390 e. The molecule has 1 N–H and O–H groups in total. The molecule has 0 aliphatic rings. The van der Waals surface area contributed by atoms with Gasteiger partial charge in [0.15, 0.2) is 0 Å². The SMILES string of the molecule is Cc1ncc(CO)n1C. The van der Waals surface area contributed by atoms with Crippen LogP contribution in [0.5, 0.6) is 0 Å². The third-order valence-corrected chi connectivity index (χ3v) is 1.48. The van der Waals surface area contributed by atoms with Gasteiger partial charge in [0.25, 0.3) is 0 Å². The van der Waals surface area contributed by atoms with Crippen LogP contribution in [-0.4, -0.2) is 14.7 Å². The molecule has 0 bridgehead atoms. The summed E-state index contributed by atoms with van der Waals surface area (Å²) in [4.78, 5) is 3.99. The van der Waals surface area contributed by atoms with E-state index in [1.165, 1.54) is 0 Å². The van der Waals surface area contributed by atoms with E-state index in [1.807, 2.05) is 18.5 Å². The van der Waals surface area contributed by atoms with Crippen LogP contribution in [-0.2, 0) is 13.7 Å². The van der Waals surface area contributed by atoms with E-state index in [4.69, 9.17) is 5.11 Å². The van der Waals surface area contributed by atoms with Crippen LogP contribution >= 0.6 is 0 Å². The monoisotopic (exact) mass is 126 g/mol. The number of aliphatic hydroxyl groups excluding tert-OH is 1. The van der Waals surface area contributed by atoms with E-state index in [9.17, 15) is 0 Å². The zero-order valence-corrected chi connectivity index (χ0v) is 5.63. The average Bonchev–Trinajstić information content (AvgIpc) is 2.15. The summed E-state index contributed by atoms with van der Waals surface area (Å²) in [5.74, 6) is 0.930. The van der Waals surface area contributed by atoms with Gasteiger partial charge in [-0.15, -0.1) is 0 Å². The second-order valence-corrected chi connectivity index (χ2v) is 2.01. The predicted molar refractivity (Wildman–Crippen MR) is 33.9 cm³/mol. The maximum absolute atomic E-state index is 8.67. The highest BCUT2D eigenvalue weighted by Gasteiger charge is 1.97. The quantitative estimate of drug-likeness (QED) is 0.584. The summed E-state index contributed by atoms with van der Waals surface area (Å²) in [5.41, 5.74) is 0.854. The van der Waals surface area contributed by atoms with E-state index in [0.29, 0.717) is 0 Å². The zero-order chi connectivity index (χ0) is 6.85. The van der Waals surface area contributed by atoms with Gasteiger partial charge in [0.2, 0.25) is 0 Å². The molecule has 0 spiro atoms. The smallest absolute Gasteiger partial charge is 0.105 e. The van der Waals surface area contributed by atoms with Crippen LogP contribution in [0.2, 0.25) is 0 Å². The second kappa shape index (κ2) is 2.19. The highest BCUT2D eigenvalue weighted by atomic mass is 16.3. The molecule has 50 valence electrons. The van der Waals surface area contributed by atoms with Gasteiger partial charge >= 0.3 is 0 Å². The molecule has 3 heteroatoms. The van der Waals surface area contributed by atoms with Crippen LogP contribution in [0, 0.1) is 6.92 Å². The first kappa shape index (κ1) is 6.29. The van der Waals surface area contributed by atoms with Gasteiger partial charge in [-0.1, -0.05) is 0 Å². The Morgan fingerprint density at radius 3 is 2.67 bits per heavy atom. The van der Waals surface area contributed by atoms with Gasteiger partial charge in [-0.3, -0.25) is 0 Å². The van der Waals surface area contributed by atoms with E-state index in [0.717, 1.165) is 11.5 Å². The Labute approximate surface area is 54.0 Å². The number of hydrogen-bond donors (Lipinski definition) is 1. The Balaban J connectivity index is 3.04. The number of aliphatic hydroxyl groups is 1. The van der Waals surface area contributed by atoms with Crippen molar-refractivity contribution >= 4 is 0 Å². The third-order valence-electron chi connectivity index (χ3n) is 1.48. The second-order valence-electron chi connectivity index (χ2n) is 2.01. The summed E-state index contributed by atoms with van der Waals surface area (Å²) in [7, 11) is 1.88. The number of hydrogen-bond acceptors (Lipinski definition) is 2. The van der Waals surface area contributed by atoms with Crippen LogP contribution in [0.1, 0.15) is 11.5 Å². The molecule has 3 nitrogen and oxygen atoms in total. The lowest BCUT2D eigenvalue weighted by Gasteiger charge is -1.96. The Morgan fingerprint density at radius 2 is 2.44 bits per heavy atom. The molecule has 1 aromatic rings. The molecular formula is C6H10N2O. The minimum absolute atomic E-state index is 0.0668. The van der Waals surface area contributed by atoms with Gasteiger partial charge < -0.3 is 9.67 Å². The molecule has 0 saturated carbocycles. The average molecular weight is 126 g/mol. The first-order chi connectivity index (χ1) is 4.25. The lowest BCUT2D eigenvalue weighted by atomic mass is 10.5. The first-order valence-corrected chi connectivity index (χ1v) is 2.83. The molecule has 0 aliphatic heterocycles. The molecule has 0 unspecified atom stereocenters. The number of nitrogens with zero attached hydrogens (tertiary/aromatic N) is 2. The minimum atomic E-state index is 0.0668. The zero-order valence-electron chi connectivity index (χ0n) is 5.63. The summed E-state index contributed by atoms with van der Waals surface area (Å²) in [6, 6.07) is 0. The maximum atomic E-state index is 8.67. The van der Waals surface area contributed by atoms with Crippen molar-refractivity contribution in [3.05, 3.63) is 17.7 Å². The molecule has 0 radical (unpaired) electrons. The largest absolute Gasteiger partial charge is 0.390 e. The molecule has 0 fully saturated rings. The first-order valence-electron chi connectivity index (χ1n) is 2.83. The molecule has 0 saturated heterocycles. The molecule has 9 heavy (non-hydrogen) atoms. The van der Waals surface area contributed by atoms with E-state index < -0.39 is 0 Å².